The molecular formula is C22H20I2N2O. The molecule has 0 saturated carbocycles. The van der Waals surface area contributed by atoms with Gasteiger partial charge in [-0.1, -0.05) is 30.3 Å². The van der Waals surface area contributed by atoms with E-state index in [1.54, 1.807) is 0 Å². The molecule has 0 spiro atoms. The Hall–Kier alpha value is -1.16. The molecule has 3 nitrogen and oxygen atoms in total. The van der Waals surface area contributed by atoms with E-state index in [1.807, 2.05) is 18.2 Å². The van der Waals surface area contributed by atoms with E-state index >= 15 is 0 Å². The van der Waals surface area contributed by atoms with Crippen LogP contribution in [-0.2, 0) is 13.1 Å². The van der Waals surface area contributed by atoms with Crippen LogP contribution in [-0.4, -0.2) is 22.3 Å². The number of aliphatic hydroxyl groups excluding tert-OH is 1. The molecule has 0 amide bonds. The van der Waals surface area contributed by atoms with Crippen LogP contribution in [0.3, 0.4) is 0 Å². The Kier molecular flexibility index (Phi) is 6.01. The fourth-order valence-corrected chi connectivity index (χ4v) is 4.48. The van der Waals surface area contributed by atoms with Gasteiger partial charge in [0.25, 0.3) is 0 Å². The van der Waals surface area contributed by atoms with Crippen molar-refractivity contribution in [3.8, 4) is 0 Å². The summed E-state index contributed by atoms with van der Waals surface area (Å²) in [5, 5.41) is 16.5. The summed E-state index contributed by atoms with van der Waals surface area (Å²) in [6.45, 7) is 1.90. The minimum atomic E-state index is -0.453. The predicted octanol–water partition coefficient (Wildman–Crippen LogP) is 5.15. The lowest BCUT2D eigenvalue weighted by Crippen LogP contribution is -2.29. The van der Waals surface area contributed by atoms with Crippen LogP contribution in [0.5, 0.6) is 0 Å². The maximum absolute atomic E-state index is 10.6. The molecule has 138 valence electrons. The third-order valence-electron chi connectivity index (χ3n) is 4.73. The van der Waals surface area contributed by atoms with E-state index in [0.29, 0.717) is 13.1 Å². The Bertz CT molecular complexity index is 1020. The summed E-state index contributed by atoms with van der Waals surface area (Å²) in [5.74, 6) is 0. The number of hydrogen-bond donors (Lipinski definition) is 2. The van der Waals surface area contributed by atoms with Crippen molar-refractivity contribution in [1.82, 2.24) is 9.88 Å². The van der Waals surface area contributed by atoms with Gasteiger partial charge < -0.3 is 15.0 Å². The molecule has 0 fully saturated rings. The van der Waals surface area contributed by atoms with Crippen molar-refractivity contribution < 1.29 is 5.11 Å². The number of aliphatic hydroxyl groups is 1. The first-order valence-corrected chi connectivity index (χ1v) is 11.1. The van der Waals surface area contributed by atoms with E-state index in [4.69, 9.17) is 0 Å². The van der Waals surface area contributed by atoms with Gasteiger partial charge in [0.05, 0.1) is 12.6 Å². The summed E-state index contributed by atoms with van der Waals surface area (Å²) in [7, 11) is 0. The molecule has 3 aromatic carbocycles. The zero-order valence-electron chi connectivity index (χ0n) is 14.7. The Morgan fingerprint density at radius 1 is 0.852 bits per heavy atom. The molecule has 1 heterocycles. The van der Waals surface area contributed by atoms with E-state index < -0.39 is 6.10 Å². The third kappa shape index (κ3) is 4.31. The maximum atomic E-state index is 10.6. The molecule has 27 heavy (non-hydrogen) atoms. The quantitative estimate of drug-likeness (QED) is 0.309. The monoisotopic (exact) mass is 582 g/mol. The molecule has 2 N–H and O–H groups in total. The van der Waals surface area contributed by atoms with Crippen molar-refractivity contribution >= 4 is 67.0 Å². The Morgan fingerprint density at radius 3 is 2.04 bits per heavy atom. The van der Waals surface area contributed by atoms with Gasteiger partial charge in [0.15, 0.2) is 0 Å². The van der Waals surface area contributed by atoms with Gasteiger partial charge >= 0.3 is 0 Å². The molecule has 0 aliphatic carbocycles. The van der Waals surface area contributed by atoms with Crippen LogP contribution < -0.4 is 5.32 Å². The molecule has 0 bridgehead atoms. The van der Waals surface area contributed by atoms with Crippen LogP contribution in [0.1, 0.15) is 5.56 Å². The van der Waals surface area contributed by atoms with E-state index in [2.05, 4.69) is 104 Å². The van der Waals surface area contributed by atoms with Gasteiger partial charge in [-0.3, -0.25) is 0 Å². The summed E-state index contributed by atoms with van der Waals surface area (Å²) >= 11 is 4.71. The normalized spacial score (nSPS) is 12.7. The van der Waals surface area contributed by atoms with Crippen LogP contribution in [0.25, 0.3) is 21.8 Å². The fourth-order valence-electron chi connectivity index (χ4n) is 3.50. The van der Waals surface area contributed by atoms with E-state index in [-0.39, 0.29) is 0 Å². The van der Waals surface area contributed by atoms with Gasteiger partial charge in [-0.15, -0.1) is 0 Å². The van der Waals surface area contributed by atoms with Gasteiger partial charge in [0.1, 0.15) is 0 Å². The fraction of sp³-hybridized carbons (Fsp3) is 0.182. The van der Waals surface area contributed by atoms with Crippen LogP contribution in [0.15, 0.2) is 66.7 Å². The van der Waals surface area contributed by atoms with Gasteiger partial charge in [-0.05, 0) is 87.1 Å². The predicted molar refractivity (Wildman–Crippen MR) is 129 cm³/mol. The van der Waals surface area contributed by atoms with Gasteiger partial charge in [0.2, 0.25) is 0 Å². The first-order chi connectivity index (χ1) is 13.1. The molecule has 5 heteroatoms. The van der Waals surface area contributed by atoms with Crippen LogP contribution in [0.2, 0.25) is 0 Å². The van der Waals surface area contributed by atoms with E-state index in [1.165, 1.54) is 34.5 Å². The maximum Gasteiger partial charge on any atom is 0.0843 e. The number of nitrogens with one attached hydrogen (secondary N) is 1. The van der Waals surface area contributed by atoms with Gasteiger partial charge in [-0.2, -0.15) is 0 Å². The standard InChI is InChI=1S/C22H20I2N2O/c23-16-6-8-21-19(10-16)20-11-17(24)7-9-22(20)26(21)14-18(27)13-25-12-15-4-2-1-3-5-15/h1-11,18,25,27H,12-14H2. The average Bonchev–Trinajstić information content (AvgIpc) is 2.95. The van der Waals surface area contributed by atoms with Gasteiger partial charge in [0, 0.05) is 42.0 Å². The highest BCUT2D eigenvalue weighted by molar-refractivity contribution is 14.1. The first-order valence-electron chi connectivity index (χ1n) is 8.91. The number of fused-ring (bicyclic) bond motifs is 3. The Balaban J connectivity index is 1.57. The van der Waals surface area contributed by atoms with Crippen molar-refractivity contribution in [3.63, 3.8) is 0 Å². The zero-order valence-corrected chi connectivity index (χ0v) is 19.0. The van der Waals surface area contributed by atoms with E-state index in [9.17, 15) is 5.11 Å². The summed E-state index contributed by atoms with van der Waals surface area (Å²) in [4.78, 5) is 0. The number of nitrogens with zero attached hydrogens (tertiary/aromatic N) is 1. The Labute approximate surface area is 186 Å². The number of aromatic nitrogens is 1. The topological polar surface area (TPSA) is 37.2 Å². The molecule has 4 aromatic rings. The van der Waals surface area contributed by atoms with Gasteiger partial charge in [-0.25, -0.2) is 0 Å². The Morgan fingerprint density at radius 2 is 1.44 bits per heavy atom. The first kappa shape index (κ1) is 19.2. The largest absolute Gasteiger partial charge is 0.390 e. The second kappa shape index (κ2) is 8.46. The second-order valence-electron chi connectivity index (χ2n) is 6.70. The highest BCUT2D eigenvalue weighted by Crippen LogP contribution is 2.31. The van der Waals surface area contributed by atoms with E-state index in [0.717, 1.165) is 6.54 Å². The minimum absolute atomic E-state index is 0.453. The lowest BCUT2D eigenvalue weighted by atomic mass is 10.2. The van der Waals surface area contributed by atoms with Crippen molar-refractivity contribution in [1.29, 1.82) is 0 Å². The highest BCUT2D eigenvalue weighted by Gasteiger charge is 2.14. The van der Waals surface area contributed by atoms with Crippen LogP contribution in [0.4, 0.5) is 0 Å². The molecule has 1 atom stereocenters. The van der Waals surface area contributed by atoms with Crippen molar-refractivity contribution in [3.05, 3.63) is 79.4 Å². The van der Waals surface area contributed by atoms with Crippen molar-refractivity contribution in [2.75, 3.05) is 6.54 Å². The number of halogens is 2. The summed E-state index contributed by atoms with van der Waals surface area (Å²) in [6.07, 6.45) is -0.453. The molecule has 4 rings (SSSR count). The molecule has 0 aliphatic heterocycles. The van der Waals surface area contributed by atoms with Crippen molar-refractivity contribution in [2.24, 2.45) is 0 Å². The molecule has 0 radical (unpaired) electrons. The zero-order chi connectivity index (χ0) is 18.8. The van der Waals surface area contributed by atoms with Crippen molar-refractivity contribution in [2.45, 2.75) is 19.2 Å². The molecular weight excluding hydrogens is 562 g/mol. The molecule has 0 saturated heterocycles. The molecule has 1 aromatic heterocycles. The SMILES string of the molecule is OC(CNCc1ccccc1)Cn1c2ccc(I)cc2c2cc(I)ccc21. The third-order valence-corrected chi connectivity index (χ3v) is 6.08. The number of benzene rings is 3. The summed E-state index contributed by atoms with van der Waals surface area (Å²) < 4.78 is 4.69. The molecule has 0 aliphatic rings. The van der Waals surface area contributed by atoms with Crippen LogP contribution in [0, 0.1) is 7.14 Å². The summed E-state index contributed by atoms with van der Waals surface area (Å²) in [5.41, 5.74) is 3.58. The highest BCUT2D eigenvalue weighted by atomic mass is 127. The second-order valence-corrected chi connectivity index (χ2v) is 9.20. The summed E-state index contributed by atoms with van der Waals surface area (Å²) in [6, 6.07) is 23.3. The number of rotatable bonds is 6. The lowest BCUT2D eigenvalue weighted by molar-refractivity contribution is 0.154. The number of hydrogen-bond acceptors (Lipinski definition) is 2. The average molecular weight is 582 g/mol. The van der Waals surface area contributed by atoms with Crippen LogP contribution >= 0.6 is 45.2 Å². The lowest BCUT2D eigenvalue weighted by Gasteiger charge is -2.15. The molecule has 1 unspecified atom stereocenters. The minimum Gasteiger partial charge on any atom is -0.390 e. The smallest absolute Gasteiger partial charge is 0.0843 e.